The lowest BCUT2D eigenvalue weighted by Gasteiger charge is -1.98. The zero-order valence-electron chi connectivity index (χ0n) is 6.92. The first-order valence-electron chi connectivity index (χ1n) is 3.77. The van der Waals surface area contributed by atoms with Crippen molar-refractivity contribution in [3.8, 4) is 12.3 Å². The quantitative estimate of drug-likeness (QED) is 0.589. The van der Waals surface area contributed by atoms with Gasteiger partial charge < -0.3 is 0 Å². The van der Waals surface area contributed by atoms with Crippen LogP contribution in [0.5, 0.6) is 0 Å². The van der Waals surface area contributed by atoms with Gasteiger partial charge in [0.15, 0.2) is 0 Å². The fourth-order valence-corrected chi connectivity index (χ4v) is 2.00. The molecular formula is C10H12S. The van der Waals surface area contributed by atoms with Crippen LogP contribution in [0.15, 0.2) is 12.1 Å². The van der Waals surface area contributed by atoms with Crippen molar-refractivity contribution in [2.45, 2.75) is 20.3 Å². The number of hydrogen-bond donors (Lipinski definition) is 0. The van der Waals surface area contributed by atoms with Crippen LogP contribution in [0.25, 0.3) is 0 Å². The maximum absolute atomic E-state index is 5.25. The first-order valence-corrected chi connectivity index (χ1v) is 4.59. The molecule has 0 saturated carbocycles. The number of terminal acetylenes is 1. The van der Waals surface area contributed by atoms with Crippen molar-refractivity contribution in [2.75, 3.05) is 0 Å². The summed E-state index contributed by atoms with van der Waals surface area (Å²) in [6.45, 7) is 4.44. The predicted octanol–water partition coefficient (Wildman–Crippen LogP) is 2.93. The maximum Gasteiger partial charge on any atom is 0.0768 e. The van der Waals surface area contributed by atoms with E-state index in [-0.39, 0.29) is 0 Å². The van der Waals surface area contributed by atoms with Crippen molar-refractivity contribution < 1.29 is 0 Å². The molecule has 0 fully saturated rings. The number of rotatable bonds is 2. The Bertz CT molecular complexity index is 263. The summed E-state index contributed by atoms with van der Waals surface area (Å²) in [6, 6.07) is 4.14. The Morgan fingerprint density at radius 3 is 2.73 bits per heavy atom. The summed E-state index contributed by atoms with van der Waals surface area (Å²) in [4.78, 5) is 2.44. The second-order valence-electron chi connectivity index (χ2n) is 3.01. The van der Waals surface area contributed by atoms with Crippen molar-refractivity contribution in [3.05, 3.63) is 21.9 Å². The van der Waals surface area contributed by atoms with Gasteiger partial charge in [-0.1, -0.05) is 19.8 Å². The Morgan fingerprint density at radius 1 is 1.55 bits per heavy atom. The highest BCUT2D eigenvalue weighted by molar-refractivity contribution is 7.12. The molecule has 0 bridgehead atoms. The van der Waals surface area contributed by atoms with Crippen LogP contribution in [0.4, 0.5) is 0 Å². The normalized spacial score (nSPS) is 10.0. The number of thiophene rings is 1. The van der Waals surface area contributed by atoms with Gasteiger partial charge in [0.05, 0.1) is 4.88 Å². The molecule has 58 valence electrons. The fourth-order valence-electron chi connectivity index (χ4n) is 0.968. The lowest BCUT2D eigenvalue weighted by Crippen LogP contribution is -1.89. The van der Waals surface area contributed by atoms with Crippen molar-refractivity contribution in [2.24, 2.45) is 5.92 Å². The van der Waals surface area contributed by atoms with E-state index in [0.717, 1.165) is 17.2 Å². The van der Waals surface area contributed by atoms with Crippen LogP contribution in [-0.4, -0.2) is 0 Å². The Morgan fingerprint density at radius 2 is 2.27 bits per heavy atom. The van der Waals surface area contributed by atoms with Gasteiger partial charge in [0.2, 0.25) is 0 Å². The molecule has 1 aromatic rings. The highest BCUT2D eigenvalue weighted by Crippen LogP contribution is 2.18. The summed E-state index contributed by atoms with van der Waals surface area (Å²) >= 11 is 1.73. The van der Waals surface area contributed by atoms with Gasteiger partial charge in [-0.2, -0.15) is 0 Å². The summed E-state index contributed by atoms with van der Waals surface area (Å²) in [5, 5.41) is 0. The van der Waals surface area contributed by atoms with Crippen molar-refractivity contribution in [3.63, 3.8) is 0 Å². The smallest absolute Gasteiger partial charge is 0.0768 e. The van der Waals surface area contributed by atoms with E-state index in [1.807, 2.05) is 6.07 Å². The molecule has 0 N–H and O–H groups in total. The molecule has 0 spiro atoms. The van der Waals surface area contributed by atoms with E-state index < -0.39 is 0 Å². The molecule has 0 atom stereocenters. The minimum absolute atomic E-state index is 0.722. The van der Waals surface area contributed by atoms with Crippen LogP contribution in [-0.2, 0) is 6.42 Å². The zero-order chi connectivity index (χ0) is 8.27. The standard InChI is InChI=1S/C10H12S/c1-4-9-5-6-10(11-9)7-8(2)3/h1,5-6,8H,7H2,2-3H3. The maximum atomic E-state index is 5.25. The van der Waals surface area contributed by atoms with Gasteiger partial charge in [-0.05, 0) is 24.5 Å². The predicted molar refractivity (Wildman–Crippen MR) is 50.8 cm³/mol. The molecule has 0 amide bonds. The van der Waals surface area contributed by atoms with Gasteiger partial charge >= 0.3 is 0 Å². The van der Waals surface area contributed by atoms with Gasteiger partial charge in [0.1, 0.15) is 0 Å². The Labute approximate surface area is 72.3 Å². The van der Waals surface area contributed by atoms with Crippen LogP contribution in [0.2, 0.25) is 0 Å². The molecule has 0 radical (unpaired) electrons. The average molecular weight is 164 g/mol. The van der Waals surface area contributed by atoms with Gasteiger partial charge in [-0.3, -0.25) is 0 Å². The van der Waals surface area contributed by atoms with Gasteiger partial charge in [-0.15, -0.1) is 17.8 Å². The van der Waals surface area contributed by atoms with Crippen LogP contribution >= 0.6 is 11.3 Å². The van der Waals surface area contributed by atoms with E-state index in [1.54, 1.807) is 11.3 Å². The molecule has 1 rings (SSSR count). The van der Waals surface area contributed by atoms with Crippen molar-refractivity contribution >= 4 is 11.3 Å². The third-order valence-corrected chi connectivity index (χ3v) is 2.45. The summed E-state index contributed by atoms with van der Waals surface area (Å²) in [7, 11) is 0. The summed E-state index contributed by atoms with van der Waals surface area (Å²) < 4.78 is 0. The molecule has 1 heterocycles. The van der Waals surface area contributed by atoms with Crippen LogP contribution in [0.3, 0.4) is 0 Å². The van der Waals surface area contributed by atoms with E-state index in [1.165, 1.54) is 4.88 Å². The van der Waals surface area contributed by atoms with E-state index in [4.69, 9.17) is 6.42 Å². The Balaban J connectivity index is 2.67. The monoisotopic (exact) mass is 164 g/mol. The zero-order valence-corrected chi connectivity index (χ0v) is 7.74. The lowest BCUT2D eigenvalue weighted by atomic mass is 10.1. The fraction of sp³-hybridized carbons (Fsp3) is 0.400. The van der Waals surface area contributed by atoms with Gasteiger partial charge in [0, 0.05) is 4.88 Å². The number of hydrogen-bond acceptors (Lipinski definition) is 1. The minimum Gasteiger partial charge on any atom is -0.132 e. The third-order valence-electron chi connectivity index (χ3n) is 1.41. The van der Waals surface area contributed by atoms with E-state index >= 15 is 0 Å². The summed E-state index contributed by atoms with van der Waals surface area (Å²) in [6.07, 6.45) is 6.40. The van der Waals surface area contributed by atoms with Crippen molar-refractivity contribution in [1.29, 1.82) is 0 Å². The molecule has 0 nitrogen and oxygen atoms in total. The van der Waals surface area contributed by atoms with Crippen LogP contribution in [0, 0.1) is 18.3 Å². The molecule has 1 heteroatoms. The van der Waals surface area contributed by atoms with E-state index in [0.29, 0.717) is 0 Å². The van der Waals surface area contributed by atoms with E-state index in [9.17, 15) is 0 Å². The highest BCUT2D eigenvalue weighted by Gasteiger charge is 1.99. The van der Waals surface area contributed by atoms with Crippen LogP contribution in [0.1, 0.15) is 23.6 Å². The summed E-state index contributed by atoms with van der Waals surface area (Å²) in [5.41, 5.74) is 0. The molecule has 0 aliphatic heterocycles. The Kier molecular flexibility index (Phi) is 2.73. The first kappa shape index (κ1) is 8.36. The lowest BCUT2D eigenvalue weighted by molar-refractivity contribution is 0.654. The molecular weight excluding hydrogens is 152 g/mol. The van der Waals surface area contributed by atoms with Crippen molar-refractivity contribution in [1.82, 2.24) is 0 Å². The SMILES string of the molecule is C#Cc1ccc(CC(C)C)s1. The minimum atomic E-state index is 0.722. The van der Waals surface area contributed by atoms with Gasteiger partial charge in [0.25, 0.3) is 0 Å². The second-order valence-corrected chi connectivity index (χ2v) is 4.18. The molecule has 0 aromatic carbocycles. The average Bonchev–Trinajstić information content (AvgIpc) is 2.34. The molecule has 0 saturated heterocycles. The topological polar surface area (TPSA) is 0 Å². The second kappa shape index (κ2) is 3.59. The Hall–Kier alpha value is -0.740. The van der Waals surface area contributed by atoms with E-state index in [2.05, 4.69) is 25.8 Å². The largest absolute Gasteiger partial charge is 0.132 e. The molecule has 0 aliphatic rings. The molecule has 1 aromatic heterocycles. The van der Waals surface area contributed by atoms with Gasteiger partial charge in [-0.25, -0.2) is 0 Å². The molecule has 11 heavy (non-hydrogen) atoms. The molecule has 0 aliphatic carbocycles. The van der Waals surface area contributed by atoms with Crippen LogP contribution < -0.4 is 0 Å². The molecule has 0 unspecified atom stereocenters. The summed E-state index contributed by atoms with van der Waals surface area (Å²) in [5.74, 6) is 3.36. The first-order chi connectivity index (χ1) is 5.22. The highest BCUT2D eigenvalue weighted by atomic mass is 32.1. The third kappa shape index (κ3) is 2.40.